The van der Waals surface area contributed by atoms with Gasteiger partial charge in [0.15, 0.2) is 0 Å². The van der Waals surface area contributed by atoms with Gasteiger partial charge in [-0.25, -0.2) is 0 Å². The molecule has 2 N–H and O–H groups in total. The third-order valence-electron chi connectivity index (χ3n) is 3.07. The summed E-state index contributed by atoms with van der Waals surface area (Å²) in [6.45, 7) is 11.1. The fourth-order valence-electron chi connectivity index (χ4n) is 2.23. The standard InChI is InChI=1S/C16H28N2/c1-13-6-8-14(9-7-13)15(17)10-11-18(5)12-16(2,3)4/h6-9,15H,10-12,17H2,1-5H3. The Hall–Kier alpha value is -0.860. The van der Waals surface area contributed by atoms with Crippen molar-refractivity contribution >= 4 is 0 Å². The van der Waals surface area contributed by atoms with Crippen molar-refractivity contribution in [2.24, 2.45) is 11.1 Å². The van der Waals surface area contributed by atoms with Gasteiger partial charge in [0.25, 0.3) is 0 Å². The third kappa shape index (κ3) is 5.65. The first-order valence-electron chi connectivity index (χ1n) is 6.78. The van der Waals surface area contributed by atoms with E-state index in [2.05, 4.69) is 63.9 Å². The minimum Gasteiger partial charge on any atom is -0.324 e. The van der Waals surface area contributed by atoms with Gasteiger partial charge in [-0.1, -0.05) is 50.6 Å². The molecule has 0 spiro atoms. The van der Waals surface area contributed by atoms with Crippen molar-refractivity contribution in [3.05, 3.63) is 35.4 Å². The molecule has 2 nitrogen and oxygen atoms in total. The molecule has 0 saturated heterocycles. The molecule has 0 bridgehead atoms. The van der Waals surface area contributed by atoms with Gasteiger partial charge in [0, 0.05) is 12.6 Å². The highest BCUT2D eigenvalue weighted by Crippen LogP contribution is 2.17. The molecule has 1 aromatic rings. The lowest BCUT2D eigenvalue weighted by atomic mass is 9.96. The van der Waals surface area contributed by atoms with Gasteiger partial charge in [-0.15, -0.1) is 0 Å². The monoisotopic (exact) mass is 248 g/mol. The van der Waals surface area contributed by atoms with Gasteiger partial charge >= 0.3 is 0 Å². The van der Waals surface area contributed by atoms with E-state index < -0.39 is 0 Å². The summed E-state index contributed by atoms with van der Waals surface area (Å²) >= 11 is 0. The molecule has 1 atom stereocenters. The van der Waals surface area contributed by atoms with Gasteiger partial charge in [-0.2, -0.15) is 0 Å². The van der Waals surface area contributed by atoms with Crippen LogP contribution >= 0.6 is 0 Å². The summed E-state index contributed by atoms with van der Waals surface area (Å²) in [4.78, 5) is 2.37. The number of rotatable bonds is 5. The fraction of sp³-hybridized carbons (Fsp3) is 0.625. The van der Waals surface area contributed by atoms with Gasteiger partial charge in [-0.05, 0) is 37.9 Å². The number of hydrogen-bond donors (Lipinski definition) is 1. The van der Waals surface area contributed by atoms with Crippen LogP contribution in [0.15, 0.2) is 24.3 Å². The molecule has 2 heteroatoms. The summed E-state index contributed by atoms with van der Waals surface area (Å²) in [6.07, 6.45) is 1.01. The molecule has 0 aliphatic rings. The number of benzene rings is 1. The van der Waals surface area contributed by atoms with Crippen LogP contribution in [-0.4, -0.2) is 25.0 Å². The quantitative estimate of drug-likeness (QED) is 0.865. The molecule has 0 amide bonds. The lowest BCUT2D eigenvalue weighted by Crippen LogP contribution is -2.31. The van der Waals surface area contributed by atoms with E-state index in [9.17, 15) is 0 Å². The normalized spacial score (nSPS) is 13.9. The Bertz CT molecular complexity index is 348. The molecule has 102 valence electrons. The van der Waals surface area contributed by atoms with Crippen molar-refractivity contribution in [3.63, 3.8) is 0 Å². The minimum absolute atomic E-state index is 0.146. The van der Waals surface area contributed by atoms with Crippen LogP contribution in [0.25, 0.3) is 0 Å². The molecule has 18 heavy (non-hydrogen) atoms. The van der Waals surface area contributed by atoms with Crippen molar-refractivity contribution < 1.29 is 0 Å². The molecule has 1 unspecified atom stereocenters. The number of nitrogens with zero attached hydrogens (tertiary/aromatic N) is 1. The van der Waals surface area contributed by atoms with E-state index in [4.69, 9.17) is 5.73 Å². The van der Waals surface area contributed by atoms with Crippen molar-refractivity contribution in [2.45, 2.75) is 40.2 Å². The van der Waals surface area contributed by atoms with E-state index in [1.54, 1.807) is 0 Å². The molecule has 1 aromatic carbocycles. The zero-order chi connectivity index (χ0) is 13.8. The Morgan fingerprint density at radius 3 is 2.22 bits per heavy atom. The predicted octanol–water partition coefficient (Wildman–Crippen LogP) is 3.36. The van der Waals surface area contributed by atoms with Gasteiger partial charge in [-0.3, -0.25) is 0 Å². The number of aryl methyl sites for hydroxylation is 1. The average molecular weight is 248 g/mol. The smallest absolute Gasteiger partial charge is 0.0307 e. The highest BCUT2D eigenvalue weighted by molar-refractivity contribution is 5.23. The van der Waals surface area contributed by atoms with Crippen LogP contribution in [-0.2, 0) is 0 Å². The molecule has 0 aliphatic carbocycles. The Balaban J connectivity index is 2.41. The average Bonchev–Trinajstić information content (AvgIpc) is 2.24. The molecular formula is C16H28N2. The van der Waals surface area contributed by atoms with E-state index in [0.29, 0.717) is 5.41 Å². The summed E-state index contributed by atoms with van der Waals surface area (Å²) < 4.78 is 0. The lowest BCUT2D eigenvalue weighted by Gasteiger charge is -2.27. The van der Waals surface area contributed by atoms with Crippen LogP contribution in [0, 0.1) is 12.3 Å². The second kappa shape index (κ2) is 6.35. The molecule has 0 heterocycles. The zero-order valence-corrected chi connectivity index (χ0v) is 12.5. The Morgan fingerprint density at radius 1 is 1.17 bits per heavy atom. The topological polar surface area (TPSA) is 29.3 Å². The molecular weight excluding hydrogens is 220 g/mol. The molecule has 0 aliphatic heterocycles. The van der Waals surface area contributed by atoms with Crippen molar-refractivity contribution in [1.82, 2.24) is 4.90 Å². The summed E-state index contributed by atoms with van der Waals surface area (Å²) in [7, 11) is 2.17. The van der Waals surface area contributed by atoms with Crippen LogP contribution in [0.4, 0.5) is 0 Å². The van der Waals surface area contributed by atoms with Crippen LogP contribution in [0.1, 0.15) is 44.4 Å². The summed E-state index contributed by atoms with van der Waals surface area (Å²) in [6, 6.07) is 8.70. The lowest BCUT2D eigenvalue weighted by molar-refractivity contribution is 0.221. The zero-order valence-electron chi connectivity index (χ0n) is 12.5. The molecule has 1 rings (SSSR count). The largest absolute Gasteiger partial charge is 0.324 e. The first kappa shape index (κ1) is 15.2. The van der Waals surface area contributed by atoms with Gasteiger partial charge < -0.3 is 10.6 Å². The number of nitrogens with two attached hydrogens (primary N) is 1. The van der Waals surface area contributed by atoms with Crippen LogP contribution in [0.3, 0.4) is 0 Å². The maximum Gasteiger partial charge on any atom is 0.0307 e. The molecule has 0 saturated carbocycles. The minimum atomic E-state index is 0.146. The third-order valence-corrected chi connectivity index (χ3v) is 3.07. The van der Waals surface area contributed by atoms with Crippen LogP contribution in [0.2, 0.25) is 0 Å². The SMILES string of the molecule is Cc1ccc(C(N)CCN(C)CC(C)(C)C)cc1. The van der Waals surface area contributed by atoms with Crippen molar-refractivity contribution in [1.29, 1.82) is 0 Å². The Morgan fingerprint density at radius 2 is 1.72 bits per heavy atom. The molecule has 0 radical (unpaired) electrons. The second-order valence-corrected chi connectivity index (χ2v) is 6.60. The first-order chi connectivity index (χ1) is 8.28. The highest BCUT2D eigenvalue weighted by Gasteiger charge is 2.14. The summed E-state index contributed by atoms with van der Waals surface area (Å²) in [5.74, 6) is 0. The van der Waals surface area contributed by atoms with Crippen LogP contribution in [0.5, 0.6) is 0 Å². The highest BCUT2D eigenvalue weighted by atomic mass is 15.1. The fourth-order valence-corrected chi connectivity index (χ4v) is 2.23. The van der Waals surface area contributed by atoms with Crippen LogP contribution < -0.4 is 5.73 Å². The van der Waals surface area contributed by atoms with E-state index in [1.165, 1.54) is 11.1 Å². The number of hydrogen-bond acceptors (Lipinski definition) is 2. The maximum absolute atomic E-state index is 6.23. The van der Waals surface area contributed by atoms with Gasteiger partial charge in [0.1, 0.15) is 0 Å². The second-order valence-electron chi connectivity index (χ2n) is 6.60. The summed E-state index contributed by atoms with van der Waals surface area (Å²) in [5.41, 5.74) is 9.11. The summed E-state index contributed by atoms with van der Waals surface area (Å²) in [5, 5.41) is 0. The van der Waals surface area contributed by atoms with E-state index in [-0.39, 0.29) is 6.04 Å². The van der Waals surface area contributed by atoms with Gasteiger partial charge in [0.05, 0.1) is 0 Å². The predicted molar refractivity (Wildman–Crippen MR) is 79.7 cm³/mol. The molecule has 0 aromatic heterocycles. The van der Waals surface area contributed by atoms with E-state index in [0.717, 1.165) is 19.5 Å². The Labute approximate surface area is 112 Å². The van der Waals surface area contributed by atoms with E-state index >= 15 is 0 Å². The maximum atomic E-state index is 6.23. The van der Waals surface area contributed by atoms with Crippen molar-refractivity contribution in [2.75, 3.05) is 20.1 Å². The van der Waals surface area contributed by atoms with Crippen molar-refractivity contribution in [3.8, 4) is 0 Å². The molecule has 0 fully saturated rings. The van der Waals surface area contributed by atoms with E-state index in [1.807, 2.05) is 0 Å². The Kier molecular flexibility index (Phi) is 5.36. The first-order valence-corrected chi connectivity index (χ1v) is 6.78. The van der Waals surface area contributed by atoms with Gasteiger partial charge in [0.2, 0.25) is 0 Å².